The Bertz CT molecular complexity index is 895. The Labute approximate surface area is 160 Å². The van der Waals surface area contributed by atoms with Crippen LogP contribution in [-0.4, -0.2) is 46.2 Å². The number of amides is 1. The number of phosphoric acid groups is 1. The van der Waals surface area contributed by atoms with E-state index in [0.29, 0.717) is 0 Å². The molecule has 1 unspecified atom stereocenters. The third-order valence-corrected chi connectivity index (χ3v) is 4.83. The van der Waals surface area contributed by atoms with Crippen LogP contribution in [0.2, 0.25) is 0 Å². The first kappa shape index (κ1) is 20.0. The Morgan fingerprint density at radius 1 is 1.04 bits per heavy atom. The number of carboxylic acid groups (broad SMARTS) is 1. The maximum absolute atomic E-state index is 12.0. The monoisotopic (exact) mass is 407 g/mol. The fourth-order valence-electron chi connectivity index (χ4n) is 3.13. The number of phosphoric ester groups is 1. The Hall–Kier alpha value is -2.71. The van der Waals surface area contributed by atoms with Crippen molar-refractivity contribution in [3.05, 3.63) is 59.7 Å². The predicted molar refractivity (Wildman–Crippen MR) is 97.6 cm³/mol. The van der Waals surface area contributed by atoms with E-state index in [-0.39, 0.29) is 12.5 Å². The number of carbonyl (C=O) groups is 2. The van der Waals surface area contributed by atoms with E-state index < -0.39 is 32.5 Å². The number of aliphatic carboxylic acids is 1. The molecule has 0 aliphatic heterocycles. The molecule has 0 saturated carbocycles. The minimum absolute atomic E-state index is 0.0223. The highest BCUT2D eigenvalue weighted by molar-refractivity contribution is 7.46. The summed E-state index contributed by atoms with van der Waals surface area (Å²) in [6, 6.07) is 13.8. The molecular formula is C18H18NO8P. The molecule has 28 heavy (non-hydrogen) atoms. The zero-order valence-electron chi connectivity index (χ0n) is 14.5. The van der Waals surface area contributed by atoms with Crippen LogP contribution in [-0.2, 0) is 18.6 Å². The van der Waals surface area contributed by atoms with Crippen molar-refractivity contribution >= 4 is 19.9 Å². The van der Waals surface area contributed by atoms with Crippen molar-refractivity contribution < 1.29 is 38.3 Å². The standard InChI is InChI=1S/C18H18NO8P/c20-17(21)16(10-27-28(23,24)25)19-18(22)26-9-15-13-7-3-1-5-11(13)12-6-2-4-8-14(12)15/h1-8,15-16H,9-10H2,(H,19,22)(H,20,21)(H2,23,24,25). The van der Waals surface area contributed by atoms with Crippen LogP contribution in [0.3, 0.4) is 0 Å². The Kier molecular flexibility index (Phi) is 5.81. The van der Waals surface area contributed by atoms with Crippen LogP contribution in [0.25, 0.3) is 11.1 Å². The molecule has 3 rings (SSSR count). The van der Waals surface area contributed by atoms with Crippen LogP contribution < -0.4 is 5.32 Å². The van der Waals surface area contributed by atoms with Crippen LogP contribution in [0, 0.1) is 0 Å². The van der Waals surface area contributed by atoms with Gasteiger partial charge in [-0.05, 0) is 22.3 Å². The predicted octanol–water partition coefficient (Wildman–Crippen LogP) is 2.09. The molecule has 10 heteroatoms. The first-order chi connectivity index (χ1) is 13.3. The van der Waals surface area contributed by atoms with E-state index in [2.05, 4.69) is 4.52 Å². The first-order valence-corrected chi connectivity index (χ1v) is 9.83. The summed E-state index contributed by atoms with van der Waals surface area (Å²) in [4.78, 5) is 40.5. The van der Waals surface area contributed by atoms with E-state index in [9.17, 15) is 14.2 Å². The van der Waals surface area contributed by atoms with E-state index in [1.807, 2.05) is 53.8 Å². The first-order valence-electron chi connectivity index (χ1n) is 8.30. The molecular weight excluding hydrogens is 389 g/mol. The molecule has 0 saturated heterocycles. The second kappa shape index (κ2) is 8.12. The van der Waals surface area contributed by atoms with E-state index >= 15 is 0 Å². The average molecular weight is 407 g/mol. The summed E-state index contributed by atoms with van der Waals surface area (Å²) in [5.41, 5.74) is 4.09. The number of hydrogen-bond acceptors (Lipinski definition) is 5. The Morgan fingerprint density at radius 3 is 2.07 bits per heavy atom. The van der Waals surface area contributed by atoms with E-state index in [0.717, 1.165) is 22.3 Å². The lowest BCUT2D eigenvalue weighted by Gasteiger charge is -2.17. The molecule has 0 spiro atoms. The minimum atomic E-state index is -4.86. The number of carbonyl (C=O) groups excluding carboxylic acids is 1. The van der Waals surface area contributed by atoms with Gasteiger partial charge in [-0.3, -0.25) is 4.52 Å². The number of rotatable bonds is 7. The van der Waals surface area contributed by atoms with Crippen molar-refractivity contribution in [1.82, 2.24) is 5.32 Å². The van der Waals surface area contributed by atoms with Gasteiger partial charge in [-0.15, -0.1) is 0 Å². The van der Waals surface area contributed by atoms with Crippen molar-refractivity contribution in [3.63, 3.8) is 0 Å². The largest absolute Gasteiger partial charge is 0.480 e. The van der Waals surface area contributed by atoms with E-state index in [1.54, 1.807) is 0 Å². The third-order valence-electron chi connectivity index (χ3n) is 4.34. The summed E-state index contributed by atoms with van der Waals surface area (Å²) >= 11 is 0. The van der Waals surface area contributed by atoms with E-state index in [1.165, 1.54) is 0 Å². The van der Waals surface area contributed by atoms with Gasteiger partial charge in [0.15, 0.2) is 6.04 Å². The molecule has 0 aromatic heterocycles. The smallest absolute Gasteiger partial charge is 0.469 e. The van der Waals surface area contributed by atoms with Gasteiger partial charge in [-0.25, -0.2) is 14.2 Å². The summed E-state index contributed by atoms with van der Waals surface area (Å²) in [6.07, 6.45) is -1.02. The SMILES string of the molecule is O=C(NC(COP(=O)(O)O)C(=O)O)OCC1c2ccccc2-c2ccccc21. The van der Waals surface area contributed by atoms with Crippen LogP contribution in [0.4, 0.5) is 4.79 Å². The number of benzene rings is 2. The lowest BCUT2D eigenvalue weighted by Crippen LogP contribution is -2.44. The zero-order chi connectivity index (χ0) is 20.3. The molecule has 1 amide bonds. The highest BCUT2D eigenvalue weighted by atomic mass is 31.2. The van der Waals surface area contributed by atoms with Gasteiger partial charge in [-0.1, -0.05) is 48.5 Å². The summed E-state index contributed by atoms with van der Waals surface area (Å²) in [6.45, 7) is -0.921. The summed E-state index contributed by atoms with van der Waals surface area (Å²) in [5, 5.41) is 11.1. The molecule has 2 aromatic rings. The summed E-state index contributed by atoms with van der Waals surface area (Å²) < 4.78 is 20.0. The van der Waals surface area contributed by atoms with E-state index in [4.69, 9.17) is 19.6 Å². The third kappa shape index (κ3) is 4.58. The highest BCUT2D eigenvalue weighted by Gasteiger charge is 2.30. The quantitative estimate of drug-likeness (QED) is 0.511. The number of carboxylic acids is 1. The fourth-order valence-corrected chi connectivity index (χ4v) is 3.47. The maximum atomic E-state index is 12.0. The van der Waals surface area contributed by atoms with Crippen molar-refractivity contribution in [2.24, 2.45) is 0 Å². The van der Waals surface area contributed by atoms with Gasteiger partial charge in [-0.2, -0.15) is 0 Å². The second-order valence-corrected chi connectivity index (χ2v) is 7.39. The Morgan fingerprint density at radius 2 is 1.57 bits per heavy atom. The van der Waals surface area contributed by atoms with Crippen LogP contribution in [0.1, 0.15) is 17.0 Å². The van der Waals surface area contributed by atoms with Crippen LogP contribution in [0.15, 0.2) is 48.5 Å². The molecule has 0 heterocycles. The van der Waals surface area contributed by atoms with Crippen molar-refractivity contribution in [3.8, 4) is 11.1 Å². The zero-order valence-corrected chi connectivity index (χ0v) is 15.4. The van der Waals surface area contributed by atoms with Crippen LogP contribution in [0.5, 0.6) is 0 Å². The van der Waals surface area contributed by atoms with Gasteiger partial charge >= 0.3 is 19.9 Å². The summed E-state index contributed by atoms with van der Waals surface area (Å²) in [7, 11) is -4.86. The molecule has 0 radical (unpaired) electrons. The molecule has 0 bridgehead atoms. The molecule has 0 fully saturated rings. The second-order valence-electron chi connectivity index (χ2n) is 6.15. The fraction of sp³-hybridized carbons (Fsp3) is 0.222. The normalized spacial score (nSPS) is 14.1. The van der Waals surface area contributed by atoms with Gasteiger partial charge in [0.25, 0.3) is 0 Å². The van der Waals surface area contributed by atoms with Gasteiger partial charge in [0.1, 0.15) is 6.61 Å². The van der Waals surface area contributed by atoms with Crippen molar-refractivity contribution in [1.29, 1.82) is 0 Å². The highest BCUT2D eigenvalue weighted by Crippen LogP contribution is 2.44. The van der Waals surface area contributed by atoms with Gasteiger partial charge < -0.3 is 24.9 Å². The molecule has 2 aromatic carbocycles. The number of hydrogen-bond donors (Lipinski definition) is 4. The number of fused-ring (bicyclic) bond motifs is 3. The van der Waals surface area contributed by atoms with Crippen molar-refractivity contribution in [2.45, 2.75) is 12.0 Å². The van der Waals surface area contributed by atoms with Gasteiger partial charge in [0.2, 0.25) is 0 Å². The number of ether oxygens (including phenoxy) is 1. The summed E-state index contributed by atoms with van der Waals surface area (Å²) in [5.74, 6) is -1.71. The molecule has 1 atom stereocenters. The number of nitrogens with one attached hydrogen (secondary N) is 1. The number of alkyl carbamates (subject to hydrolysis) is 1. The molecule has 148 valence electrons. The lowest BCUT2D eigenvalue weighted by atomic mass is 9.98. The minimum Gasteiger partial charge on any atom is -0.480 e. The topological polar surface area (TPSA) is 142 Å². The molecule has 1 aliphatic rings. The van der Waals surface area contributed by atoms with Gasteiger partial charge in [0.05, 0.1) is 6.61 Å². The van der Waals surface area contributed by atoms with Gasteiger partial charge in [0, 0.05) is 5.92 Å². The average Bonchev–Trinajstić information content (AvgIpc) is 2.96. The molecule has 4 N–H and O–H groups in total. The van der Waals surface area contributed by atoms with Crippen molar-refractivity contribution in [2.75, 3.05) is 13.2 Å². The maximum Gasteiger partial charge on any atom is 0.469 e. The lowest BCUT2D eigenvalue weighted by molar-refractivity contribution is -0.140. The Balaban J connectivity index is 1.66. The molecule has 9 nitrogen and oxygen atoms in total. The molecule has 1 aliphatic carbocycles. The van der Waals surface area contributed by atoms with Crippen LogP contribution >= 0.6 is 7.82 Å².